The summed E-state index contributed by atoms with van der Waals surface area (Å²) in [6.45, 7) is 4.11. The van der Waals surface area contributed by atoms with Crippen molar-refractivity contribution in [2.45, 2.75) is 25.9 Å². The van der Waals surface area contributed by atoms with Crippen LogP contribution in [-0.4, -0.2) is 38.4 Å². The third kappa shape index (κ3) is 2.35. The number of aliphatic hydroxyl groups is 2. The number of nitrogens with zero attached hydrogens (tertiary/aromatic N) is 2. The van der Waals surface area contributed by atoms with Gasteiger partial charge in [-0.25, -0.2) is 4.98 Å². The Balaban J connectivity index is 2.18. The molecule has 0 aromatic carbocycles. The number of nitrogens with one attached hydrogen (secondary N) is 1. The molecule has 2 aromatic rings. The minimum absolute atomic E-state index is 0.103. The molecule has 2 heterocycles. The monoisotopic (exact) mass is 255 g/mol. The summed E-state index contributed by atoms with van der Waals surface area (Å²) >= 11 is 1.59. The van der Waals surface area contributed by atoms with Gasteiger partial charge in [0.15, 0.2) is 4.96 Å². The van der Waals surface area contributed by atoms with E-state index >= 15 is 0 Å². The van der Waals surface area contributed by atoms with Gasteiger partial charge in [0.2, 0.25) is 0 Å². The number of aliphatic hydroxyl groups excluding tert-OH is 2. The van der Waals surface area contributed by atoms with Gasteiger partial charge in [0.1, 0.15) is 0 Å². The molecule has 0 saturated heterocycles. The van der Waals surface area contributed by atoms with Crippen LogP contribution in [0.25, 0.3) is 4.96 Å². The zero-order chi connectivity index (χ0) is 12.5. The minimum atomic E-state index is -0.660. The van der Waals surface area contributed by atoms with Crippen molar-refractivity contribution in [3.05, 3.63) is 23.0 Å². The lowest BCUT2D eigenvalue weighted by Gasteiger charge is -2.26. The van der Waals surface area contributed by atoms with Crippen molar-refractivity contribution in [3.63, 3.8) is 0 Å². The highest BCUT2D eigenvalue weighted by molar-refractivity contribution is 7.15. The first-order valence-electron chi connectivity index (χ1n) is 5.47. The number of hydrogen-bond acceptors (Lipinski definition) is 5. The third-order valence-corrected chi connectivity index (χ3v) is 3.70. The average molecular weight is 255 g/mol. The zero-order valence-electron chi connectivity index (χ0n) is 9.97. The fourth-order valence-electron chi connectivity index (χ4n) is 1.61. The van der Waals surface area contributed by atoms with Crippen molar-refractivity contribution in [1.82, 2.24) is 14.7 Å². The maximum Gasteiger partial charge on any atom is 0.194 e. The smallest absolute Gasteiger partial charge is 0.194 e. The van der Waals surface area contributed by atoms with Crippen molar-refractivity contribution in [3.8, 4) is 0 Å². The molecule has 2 rings (SSSR count). The molecule has 0 atom stereocenters. The molecule has 0 fully saturated rings. The average Bonchev–Trinajstić information content (AvgIpc) is 2.87. The normalized spacial score (nSPS) is 12.5. The molecule has 0 bridgehead atoms. The molecule has 17 heavy (non-hydrogen) atoms. The van der Waals surface area contributed by atoms with Crippen LogP contribution < -0.4 is 5.32 Å². The van der Waals surface area contributed by atoms with Crippen LogP contribution in [0.2, 0.25) is 0 Å². The molecule has 0 radical (unpaired) electrons. The van der Waals surface area contributed by atoms with E-state index in [9.17, 15) is 10.2 Å². The molecule has 94 valence electrons. The first-order chi connectivity index (χ1) is 8.09. The molecule has 0 unspecified atom stereocenters. The van der Waals surface area contributed by atoms with Gasteiger partial charge in [0.05, 0.1) is 30.1 Å². The van der Waals surface area contributed by atoms with Crippen LogP contribution in [0.15, 0.2) is 11.6 Å². The summed E-state index contributed by atoms with van der Waals surface area (Å²) < 4.78 is 2.03. The highest BCUT2D eigenvalue weighted by atomic mass is 32.1. The summed E-state index contributed by atoms with van der Waals surface area (Å²) in [6.07, 6.45) is 1.98. The summed E-state index contributed by atoms with van der Waals surface area (Å²) in [5.74, 6) is 0. The van der Waals surface area contributed by atoms with Gasteiger partial charge in [-0.15, -0.1) is 11.3 Å². The fourth-order valence-corrected chi connectivity index (χ4v) is 2.39. The van der Waals surface area contributed by atoms with Crippen LogP contribution in [0.1, 0.15) is 18.3 Å². The standard InChI is InChI=1S/C11H17N3O2S/c1-8-9(5-12-11(2,6-15)7-16)14-3-4-17-10(14)13-8/h3-4,12,15-16H,5-7H2,1-2H3. The minimum Gasteiger partial charge on any atom is -0.394 e. The van der Waals surface area contributed by atoms with Gasteiger partial charge in [-0.2, -0.15) is 0 Å². The van der Waals surface area contributed by atoms with E-state index in [2.05, 4.69) is 10.3 Å². The molecule has 0 aliphatic rings. The number of fused-ring (bicyclic) bond motifs is 1. The first-order valence-corrected chi connectivity index (χ1v) is 6.35. The number of hydrogen-bond donors (Lipinski definition) is 3. The first kappa shape index (κ1) is 12.5. The third-order valence-electron chi connectivity index (χ3n) is 2.94. The molecular weight excluding hydrogens is 238 g/mol. The molecule has 0 aliphatic carbocycles. The van der Waals surface area contributed by atoms with Crippen LogP contribution in [0, 0.1) is 6.92 Å². The van der Waals surface area contributed by atoms with E-state index in [1.165, 1.54) is 0 Å². The summed E-state index contributed by atoms with van der Waals surface area (Å²) in [5, 5.41) is 23.6. The number of aryl methyl sites for hydroxylation is 1. The van der Waals surface area contributed by atoms with Gasteiger partial charge in [-0.1, -0.05) is 0 Å². The van der Waals surface area contributed by atoms with Gasteiger partial charge in [-0.3, -0.25) is 4.40 Å². The van der Waals surface area contributed by atoms with Gasteiger partial charge in [0, 0.05) is 18.1 Å². The number of rotatable bonds is 5. The lowest BCUT2D eigenvalue weighted by molar-refractivity contribution is 0.103. The Kier molecular flexibility index (Phi) is 3.48. The summed E-state index contributed by atoms with van der Waals surface area (Å²) in [6, 6.07) is 0. The second-order valence-corrected chi connectivity index (χ2v) is 5.30. The highest BCUT2D eigenvalue weighted by Crippen LogP contribution is 2.17. The van der Waals surface area contributed by atoms with Crippen molar-refractivity contribution in [1.29, 1.82) is 0 Å². The lowest BCUT2D eigenvalue weighted by atomic mass is 10.1. The number of imidazole rings is 1. The van der Waals surface area contributed by atoms with E-state index in [0.29, 0.717) is 6.54 Å². The lowest BCUT2D eigenvalue weighted by Crippen LogP contribution is -2.48. The molecule has 0 spiro atoms. The number of aromatic nitrogens is 2. The predicted molar refractivity (Wildman–Crippen MR) is 67.2 cm³/mol. The van der Waals surface area contributed by atoms with E-state index in [4.69, 9.17) is 0 Å². The quantitative estimate of drug-likeness (QED) is 0.729. The fraction of sp³-hybridized carbons (Fsp3) is 0.545. The molecule has 5 nitrogen and oxygen atoms in total. The van der Waals surface area contributed by atoms with Crippen LogP contribution in [0.5, 0.6) is 0 Å². The molecule has 0 aliphatic heterocycles. The summed E-state index contributed by atoms with van der Waals surface area (Å²) in [4.78, 5) is 5.41. The van der Waals surface area contributed by atoms with Gasteiger partial charge < -0.3 is 15.5 Å². The second kappa shape index (κ2) is 4.73. The summed E-state index contributed by atoms with van der Waals surface area (Å²) in [7, 11) is 0. The van der Waals surface area contributed by atoms with E-state index in [-0.39, 0.29) is 13.2 Å². The maximum atomic E-state index is 9.21. The largest absolute Gasteiger partial charge is 0.394 e. The van der Waals surface area contributed by atoms with Gasteiger partial charge in [0.25, 0.3) is 0 Å². The van der Waals surface area contributed by atoms with Crippen molar-refractivity contribution in [2.24, 2.45) is 0 Å². The Morgan fingerprint density at radius 1 is 1.47 bits per heavy atom. The molecular formula is C11H17N3O2S. The topological polar surface area (TPSA) is 69.8 Å². The Hall–Kier alpha value is -0.950. The molecule has 0 amide bonds. The van der Waals surface area contributed by atoms with Gasteiger partial charge in [-0.05, 0) is 13.8 Å². The Bertz CT molecular complexity index is 502. The molecule has 2 aromatic heterocycles. The van der Waals surface area contributed by atoms with Crippen LogP contribution in [-0.2, 0) is 6.54 Å². The predicted octanol–water partition coefficient (Wildman–Crippen LogP) is 0.537. The molecule has 6 heteroatoms. The Morgan fingerprint density at radius 3 is 2.82 bits per heavy atom. The van der Waals surface area contributed by atoms with Crippen LogP contribution >= 0.6 is 11.3 Å². The van der Waals surface area contributed by atoms with Crippen LogP contribution in [0.3, 0.4) is 0 Å². The second-order valence-electron chi connectivity index (χ2n) is 4.43. The SMILES string of the molecule is Cc1nc2sccn2c1CNC(C)(CO)CO. The van der Waals surface area contributed by atoms with E-state index in [1.54, 1.807) is 18.3 Å². The Labute approximate surface area is 104 Å². The molecule has 3 N–H and O–H groups in total. The van der Waals surface area contributed by atoms with E-state index in [0.717, 1.165) is 16.3 Å². The van der Waals surface area contributed by atoms with Gasteiger partial charge >= 0.3 is 0 Å². The Morgan fingerprint density at radius 2 is 2.18 bits per heavy atom. The number of thiazole rings is 1. The van der Waals surface area contributed by atoms with Crippen molar-refractivity contribution >= 4 is 16.3 Å². The van der Waals surface area contributed by atoms with E-state index in [1.807, 2.05) is 22.9 Å². The maximum absolute atomic E-state index is 9.21. The zero-order valence-corrected chi connectivity index (χ0v) is 10.8. The van der Waals surface area contributed by atoms with E-state index < -0.39 is 5.54 Å². The highest BCUT2D eigenvalue weighted by Gasteiger charge is 2.22. The summed E-state index contributed by atoms with van der Waals surface area (Å²) in [5.41, 5.74) is 1.38. The van der Waals surface area contributed by atoms with Crippen molar-refractivity contribution in [2.75, 3.05) is 13.2 Å². The van der Waals surface area contributed by atoms with Crippen molar-refractivity contribution < 1.29 is 10.2 Å². The van der Waals surface area contributed by atoms with Crippen LogP contribution in [0.4, 0.5) is 0 Å². The molecule has 0 saturated carbocycles.